The van der Waals surface area contributed by atoms with Gasteiger partial charge in [-0.05, 0) is 58.3 Å². The molecule has 0 spiro atoms. The zero-order valence-electron chi connectivity index (χ0n) is 15.7. The maximum Gasteiger partial charge on any atom is 0.191 e. The van der Waals surface area contributed by atoms with Crippen LogP contribution in [-0.4, -0.2) is 34.6 Å². The van der Waals surface area contributed by atoms with Crippen molar-refractivity contribution in [3.8, 4) is 0 Å². The molecule has 1 saturated carbocycles. The molecule has 24 heavy (non-hydrogen) atoms. The summed E-state index contributed by atoms with van der Waals surface area (Å²) in [7, 11) is 0. The molecule has 0 bridgehead atoms. The highest BCUT2D eigenvalue weighted by Gasteiger charge is 2.20. The number of hydrogen-bond donors (Lipinski definition) is 2. The molecule has 5 heteroatoms. The Labute approximate surface area is 147 Å². The highest BCUT2D eigenvalue weighted by molar-refractivity contribution is 5.80. The number of unbranched alkanes of at least 4 members (excludes halogenated alkanes) is 1. The minimum Gasteiger partial charge on any atom is -0.357 e. The van der Waals surface area contributed by atoms with Crippen LogP contribution >= 0.6 is 0 Å². The van der Waals surface area contributed by atoms with E-state index in [9.17, 15) is 0 Å². The summed E-state index contributed by atoms with van der Waals surface area (Å²) in [5, 5.41) is 7.03. The molecule has 2 rings (SSSR count). The van der Waals surface area contributed by atoms with Crippen molar-refractivity contribution in [2.45, 2.75) is 78.3 Å². The van der Waals surface area contributed by atoms with Gasteiger partial charge in [0.1, 0.15) is 5.82 Å². The zero-order valence-corrected chi connectivity index (χ0v) is 15.7. The molecule has 0 aromatic carbocycles. The molecule has 5 nitrogen and oxygen atoms in total. The minimum absolute atomic E-state index is 0.596. The zero-order chi connectivity index (χ0) is 17.2. The van der Waals surface area contributed by atoms with E-state index in [1.54, 1.807) is 0 Å². The number of guanidine groups is 1. The van der Waals surface area contributed by atoms with E-state index in [0.29, 0.717) is 6.04 Å². The van der Waals surface area contributed by atoms with E-state index >= 15 is 0 Å². The molecule has 1 aromatic rings. The average molecular weight is 334 g/mol. The second-order valence-electron chi connectivity index (χ2n) is 6.91. The Kier molecular flexibility index (Phi) is 8.13. The number of nitrogens with zero attached hydrogens (tertiary/aromatic N) is 3. The van der Waals surface area contributed by atoms with Gasteiger partial charge in [-0.3, -0.25) is 4.99 Å². The average Bonchev–Trinajstić information content (AvgIpc) is 3.00. The number of hydrogen-bond acceptors (Lipinski definition) is 2. The standard InChI is InChI=1S/C19H35N5/c1-4-17-8-10-18(11-9-17)23-19(20-5-2)22-12-6-7-14-24-15-13-21-16(24)3/h13,15,17-18H,4-12,14H2,1-3H3,(H2,20,22,23). The van der Waals surface area contributed by atoms with Crippen LogP contribution in [0.3, 0.4) is 0 Å². The van der Waals surface area contributed by atoms with Crippen LogP contribution in [0, 0.1) is 12.8 Å². The van der Waals surface area contributed by atoms with E-state index < -0.39 is 0 Å². The summed E-state index contributed by atoms with van der Waals surface area (Å²) in [4.78, 5) is 9.02. The van der Waals surface area contributed by atoms with Gasteiger partial charge in [0.15, 0.2) is 5.96 Å². The first-order valence-corrected chi connectivity index (χ1v) is 9.75. The van der Waals surface area contributed by atoms with Gasteiger partial charge in [0.2, 0.25) is 0 Å². The van der Waals surface area contributed by atoms with Crippen LogP contribution in [0.25, 0.3) is 0 Å². The fourth-order valence-electron chi connectivity index (χ4n) is 3.45. The van der Waals surface area contributed by atoms with E-state index in [4.69, 9.17) is 4.99 Å². The molecule has 0 saturated heterocycles. The van der Waals surface area contributed by atoms with Crippen molar-refractivity contribution in [3.63, 3.8) is 0 Å². The summed E-state index contributed by atoms with van der Waals surface area (Å²) in [6.45, 7) is 9.34. The highest BCUT2D eigenvalue weighted by atomic mass is 15.2. The van der Waals surface area contributed by atoms with Crippen LogP contribution in [-0.2, 0) is 6.54 Å². The van der Waals surface area contributed by atoms with Crippen LogP contribution in [0.1, 0.15) is 64.6 Å². The fraction of sp³-hybridized carbons (Fsp3) is 0.789. The molecule has 1 aromatic heterocycles. The number of aromatic nitrogens is 2. The molecule has 1 aliphatic carbocycles. The molecule has 136 valence electrons. The second kappa shape index (κ2) is 10.4. The Bertz CT molecular complexity index is 486. The van der Waals surface area contributed by atoms with E-state index in [-0.39, 0.29) is 0 Å². The third-order valence-corrected chi connectivity index (χ3v) is 5.11. The molecule has 1 heterocycles. The van der Waals surface area contributed by atoms with E-state index in [1.165, 1.54) is 32.1 Å². The first kappa shape index (κ1) is 18.8. The molecule has 0 radical (unpaired) electrons. The largest absolute Gasteiger partial charge is 0.357 e. The topological polar surface area (TPSA) is 54.2 Å². The summed E-state index contributed by atoms with van der Waals surface area (Å²) in [6.07, 6.45) is 12.8. The molecule has 0 aliphatic heterocycles. The van der Waals surface area contributed by atoms with Gasteiger partial charge in [-0.2, -0.15) is 0 Å². The van der Waals surface area contributed by atoms with Crippen LogP contribution in [0.5, 0.6) is 0 Å². The van der Waals surface area contributed by atoms with Gasteiger partial charge < -0.3 is 15.2 Å². The smallest absolute Gasteiger partial charge is 0.191 e. The van der Waals surface area contributed by atoms with Gasteiger partial charge >= 0.3 is 0 Å². The minimum atomic E-state index is 0.596. The molecule has 1 fully saturated rings. The van der Waals surface area contributed by atoms with Crippen molar-refractivity contribution in [1.82, 2.24) is 20.2 Å². The van der Waals surface area contributed by atoms with Crippen molar-refractivity contribution in [3.05, 3.63) is 18.2 Å². The summed E-state index contributed by atoms with van der Waals surface area (Å²) in [5.41, 5.74) is 0. The van der Waals surface area contributed by atoms with Gasteiger partial charge in [-0.1, -0.05) is 13.3 Å². The van der Waals surface area contributed by atoms with E-state index in [0.717, 1.165) is 50.2 Å². The second-order valence-corrected chi connectivity index (χ2v) is 6.91. The van der Waals surface area contributed by atoms with Gasteiger partial charge in [-0.25, -0.2) is 4.98 Å². The predicted octanol–water partition coefficient (Wildman–Crippen LogP) is 3.50. The monoisotopic (exact) mass is 333 g/mol. The summed E-state index contributed by atoms with van der Waals surface area (Å²) in [5.74, 6) is 3.03. The summed E-state index contributed by atoms with van der Waals surface area (Å²) < 4.78 is 2.21. The van der Waals surface area contributed by atoms with Crippen molar-refractivity contribution < 1.29 is 0 Å². The molecule has 0 amide bonds. The molecular weight excluding hydrogens is 298 g/mol. The fourth-order valence-corrected chi connectivity index (χ4v) is 3.45. The predicted molar refractivity (Wildman–Crippen MR) is 101 cm³/mol. The first-order chi connectivity index (χ1) is 11.7. The lowest BCUT2D eigenvalue weighted by molar-refractivity contribution is 0.304. The number of nitrogens with one attached hydrogen (secondary N) is 2. The Morgan fingerprint density at radius 1 is 1.25 bits per heavy atom. The Balaban J connectivity index is 1.69. The van der Waals surface area contributed by atoms with Gasteiger partial charge in [-0.15, -0.1) is 0 Å². The van der Waals surface area contributed by atoms with Gasteiger partial charge in [0.25, 0.3) is 0 Å². The van der Waals surface area contributed by atoms with Crippen LogP contribution in [0.4, 0.5) is 0 Å². The van der Waals surface area contributed by atoms with Crippen LogP contribution in [0.2, 0.25) is 0 Å². The normalized spacial score (nSPS) is 21.7. The number of aliphatic imine (C=N–C) groups is 1. The quantitative estimate of drug-likeness (QED) is 0.435. The maximum absolute atomic E-state index is 4.76. The summed E-state index contributed by atoms with van der Waals surface area (Å²) >= 11 is 0. The van der Waals surface area contributed by atoms with Crippen molar-refractivity contribution in [1.29, 1.82) is 0 Å². The Hall–Kier alpha value is -1.52. The molecule has 0 atom stereocenters. The molecule has 1 aliphatic rings. The summed E-state index contributed by atoms with van der Waals surface area (Å²) in [6, 6.07) is 0.596. The maximum atomic E-state index is 4.76. The number of rotatable bonds is 8. The molecule has 0 unspecified atom stereocenters. The third kappa shape index (κ3) is 6.17. The Morgan fingerprint density at radius 3 is 2.67 bits per heavy atom. The lowest BCUT2D eigenvalue weighted by atomic mass is 9.84. The van der Waals surface area contributed by atoms with Gasteiger partial charge in [0, 0.05) is 38.1 Å². The number of aryl methyl sites for hydroxylation is 2. The van der Waals surface area contributed by atoms with Crippen molar-refractivity contribution >= 4 is 5.96 Å². The lowest BCUT2D eigenvalue weighted by Crippen LogP contribution is -2.44. The van der Waals surface area contributed by atoms with Gasteiger partial charge in [0.05, 0.1) is 0 Å². The third-order valence-electron chi connectivity index (χ3n) is 5.11. The number of imidazole rings is 1. The van der Waals surface area contributed by atoms with E-state index in [1.807, 2.05) is 6.20 Å². The van der Waals surface area contributed by atoms with Crippen LogP contribution < -0.4 is 10.6 Å². The highest BCUT2D eigenvalue weighted by Crippen LogP contribution is 2.26. The lowest BCUT2D eigenvalue weighted by Gasteiger charge is -2.29. The Morgan fingerprint density at radius 2 is 2.04 bits per heavy atom. The van der Waals surface area contributed by atoms with Crippen LogP contribution in [0.15, 0.2) is 17.4 Å². The molecule has 2 N–H and O–H groups in total. The van der Waals surface area contributed by atoms with Crippen molar-refractivity contribution in [2.24, 2.45) is 10.9 Å². The van der Waals surface area contributed by atoms with Crippen molar-refractivity contribution in [2.75, 3.05) is 13.1 Å². The first-order valence-electron chi connectivity index (χ1n) is 9.75. The molecular formula is C19H35N5. The van der Waals surface area contributed by atoms with E-state index in [2.05, 4.69) is 47.2 Å². The SMILES string of the molecule is CCNC(=NCCCCn1ccnc1C)NC1CCC(CC)CC1.